The fourth-order valence-corrected chi connectivity index (χ4v) is 2.29. The zero-order valence-electron chi connectivity index (χ0n) is 10.7. The Kier molecular flexibility index (Phi) is 3.98. The molecule has 0 radical (unpaired) electrons. The van der Waals surface area contributed by atoms with Gasteiger partial charge in [-0.15, -0.1) is 5.10 Å². The Bertz CT molecular complexity index is 447. The Morgan fingerprint density at radius 1 is 1.53 bits per heavy atom. The summed E-state index contributed by atoms with van der Waals surface area (Å²) < 4.78 is 1.62. The smallest absolute Gasteiger partial charge is 0.317 e. The van der Waals surface area contributed by atoms with Crippen molar-refractivity contribution in [2.45, 2.75) is 25.9 Å². The first kappa shape index (κ1) is 13.3. The highest BCUT2D eigenvalue weighted by atomic mass is 16.4. The first-order valence-corrected chi connectivity index (χ1v) is 6.21. The molecule has 8 nitrogen and oxygen atoms in total. The molecule has 2 amide bonds. The second-order valence-electron chi connectivity index (χ2n) is 4.57. The van der Waals surface area contributed by atoms with Crippen LogP contribution in [0, 0.1) is 5.92 Å². The molecule has 1 aromatic heterocycles. The monoisotopic (exact) mass is 267 g/mol. The van der Waals surface area contributed by atoms with Gasteiger partial charge in [0.1, 0.15) is 0 Å². The molecule has 0 spiro atoms. The Labute approximate surface area is 110 Å². The molecule has 0 bridgehead atoms. The molecule has 2 atom stereocenters. The van der Waals surface area contributed by atoms with Gasteiger partial charge in [0.05, 0.1) is 18.7 Å². The van der Waals surface area contributed by atoms with E-state index in [1.165, 1.54) is 0 Å². The molecular formula is C11H17N5O3. The van der Waals surface area contributed by atoms with Crippen LogP contribution in [0.5, 0.6) is 0 Å². The highest BCUT2D eigenvalue weighted by Crippen LogP contribution is 2.24. The molecule has 0 aromatic carbocycles. The molecule has 1 aliphatic rings. The number of hydrogen-bond donors (Lipinski definition) is 2. The largest absolute Gasteiger partial charge is 0.481 e. The normalized spacial score (nSPS) is 22.5. The predicted octanol–water partition coefficient (Wildman–Crippen LogP) is -0.217. The second-order valence-corrected chi connectivity index (χ2v) is 4.57. The average molecular weight is 267 g/mol. The molecule has 2 N–H and O–H groups in total. The number of carboxylic acid groups (broad SMARTS) is 1. The van der Waals surface area contributed by atoms with E-state index in [1.807, 2.05) is 0 Å². The number of aromatic nitrogens is 3. The number of nitrogens with zero attached hydrogens (tertiary/aromatic N) is 4. The molecule has 1 saturated heterocycles. The summed E-state index contributed by atoms with van der Waals surface area (Å²) in [6.45, 7) is 3.22. The van der Waals surface area contributed by atoms with Crippen LogP contribution in [-0.4, -0.2) is 56.1 Å². The highest BCUT2D eigenvalue weighted by Gasteiger charge is 2.37. The quantitative estimate of drug-likeness (QED) is 0.785. The molecule has 1 aromatic rings. The number of aliphatic carboxylic acids is 1. The molecule has 2 heterocycles. The van der Waals surface area contributed by atoms with Crippen LogP contribution in [0.15, 0.2) is 12.4 Å². The molecule has 0 saturated carbocycles. The SMILES string of the molecule is CC1C(C(=O)O)CCN1C(=O)NCCn1ccnn1. The summed E-state index contributed by atoms with van der Waals surface area (Å²) in [5, 5.41) is 19.2. The first-order chi connectivity index (χ1) is 9.09. The zero-order valence-corrected chi connectivity index (χ0v) is 10.7. The van der Waals surface area contributed by atoms with Crippen molar-refractivity contribution in [2.75, 3.05) is 13.1 Å². The van der Waals surface area contributed by atoms with Crippen molar-refractivity contribution in [3.8, 4) is 0 Å². The average Bonchev–Trinajstić information content (AvgIpc) is 2.98. The van der Waals surface area contributed by atoms with Crippen LogP contribution in [0.1, 0.15) is 13.3 Å². The molecule has 1 aliphatic heterocycles. The fourth-order valence-electron chi connectivity index (χ4n) is 2.29. The van der Waals surface area contributed by atoms with E-state index in [9.17, 15) is 9.59 Å². The predicted molar refractivity (Wildman–Crippen MR) is 65.3 cm³/mol. The first-order valence-electron chi connectivity index (χ1n) is 6.21. The molecule has 2 unspecified atom stereocenters. The van der Waals surface area contributed by atoms with E-state index >= 15 is 0 Å². The van der Waals surface area contributed by atoms with E-state index in [0.29, 0.717) is 26.1 Å². The summed E-state index contributed by atoms with van der Waals surface area (Å²) in [4.78, 5) is 24.5. The summed E-state index contributed by atoms with van der Waals surface area (Å²) in [7, 11) is 0. The number of nitrogens with one attached hydrogen (secondary N) is 1. The van der Waals surface area contributed by atoms with Crippen molar-refractivity contribution < 1.29 is 14.7 Å². The molecule has 104 valence electrons. The van der Waals surface area contributed by atoms with Crippen molar-refractivity contribution in [1.29, 1.82) is 0 Å². The van der Waals surface area contributed by atoms with E-state index in [2.05, 4.69) is 15.6 Å². The van der Waals surface area contributed by atoms with Crippen molar-refractivity contribution in [1.82, 2.24) is 25.2 Å². The van der Waals surface area contributed by atoms with Gasteiger partial charge in [0, 0.05) is 25.3 Å². The number of likely N-dealkylation sites (tertiary alicyclic amines) is 1. The van der Waals surface area contributed by atoms with E-state index in [-0.39, 0.29) is 12.1 Å². The van der Waals surface area contributed by atoms with Crippen LogP contribution in [0.4, 0.5) is 4.79 Å². The fraction of sp³-hybridized carbons (Fsp3) is 0.636. The maximum atomic E-state index is 11.9. The minimum Gasteiger partial charge on any atom is -0.481 e. The zero-order chi connectivity index (χ0) is 13.8. The van der Waals surface area contributed by atoms with Gasteiger partial charge in [-0.3, -0.25) is 9.48 Å². The molecule has 2 rings (SSSR count). The Morgan fingerprint density at radius 3 is 2.89 bits per heavy atom. The number of carbonyl (C=O) groups excluding carboxylic acids is 1. The lowest BCUT2D eigenvalue weighted by Gasteiger charge is -2.23. The van der Waals surface area contributed by atoms with Gasteiger partial charge in [0.2, 0.25) is 0 Å². The van der Waals surface area contributed by atoms with Crippen molar-refractivity contribution in [2.24, 2.45) is 5.92 Å². The van der Waals surface area contributed by atoms with Crippen LogP contribution in [0.25, 0.3) is 0 Å². The maximum Gasteiger partial charge on any atom is 0.317 e. The van der Waals surface area contributed by atoms with Crippen molar-refractivity contribution in [3.63, 3.8) is 0 Å². The van der Waals surface area contributed by atoms with E-state index in [0.717, 1.165) is 0 Å². The molecule has 19 heavy (non-hydrogen) atoms. The summed E-state index contributed by atoms with van der Waals surface area (Å²) >= 11 is 0. The van der Waals surface area contributed by atoms with E-state index < -0.39 is 11.9 Å². The van der Waals surface area contributed by atoms with Gasteiger partial charge >= 0.3 is 12.0 Å². The van der Waals surface area contributed by atoms with Crippen molar-refractivity contribution >= 4 is 12.0 Å². The standard InChI is InChI=1S/C11H17N5O3/c1-8-9(10(17)18)2-5-16(8)11(19)12-3-6-15-7-4-13-14-15/h4,7-9H,2-3,5-6H2,1H3,(H,12,19)(H,17,18). The molecular weight excluding hydrogens is 250 g/mol. The molecule has 0 aliphatic carbocycles. The Morgan fingerprint density at radius 2 is 2.32 bits per heavy atom. The third kappa shape index (κ3) is 3.01. The van der Waals surface area contributed by atoms with Crippen LogP contribution in [-0.2, 0) is 11.3 Å². The van der Waals surface area contributed by atoms with Gasteiger partial charge in [0.25, 0.3) is 0 Å². The molecule has 1 fully saturated rings. The third-order valence-corrected chi connectivity index (χ3v) is 3.42. The number of carboxylic acids is 1. The number of carbonyl (C=O) groups is 2. The van der Waals surface area contributed by atoms with Crippen LogP contribution >= 0.6 is 0 Å². The topological polar surface area (TPSA) is 100 Å². The maximum absolute atomic E-state index is 11.9. The highest BCUT2D eigenvalue weighted by molar-refractivity contribution is 5.78. The lowest BCUT2D eigenvalue weighted by atomic mass is 10.0. The van der Waals surface area contributed by atoms with Crippen molar-refractivity contribution in [3.05, 3.63) is 12.4 Å². The Hall–Kier alpha value is -2.12. The minimum atomic E-state index is -0.842. The van der Waals surface area contributed by atoms with Gasteiger partial charge in [-0.25, -0.2) is 4.79 Å². The van der Waals surface area contributed by atoms with Crippen LogP contribution < -0.4 is 5.32 Å². The molecule has 8 heteroatoms. The lowest BCUT2D eigenvalue weighted by molar-refractivity contribution is -0.142. The lowest BCUT2D eigenvalue weighted by Crippen LogP contribution is -2.44. The number of amides is 2. The number of hydrogen-bond acceptors (Lipinski definition) is 4. The second kappa shape index (κ2) is 5.68. The summed E-state index contributed by atoms with van der Waals surface area (Å²) in [6.07, 6.45) is 3.79. The van der Waals surface area contributed by atoms with Crippen LogP contribution in [0.3, 0.4) is 0 Å². The third-order valence-electron chi connectivity index (χ3n) is 3.42. The number of urea groups is 1. The minimum absolute atomic E-state index is 0.226. The van der Waals surface area contributed by atoms with Gasteiger partial charge < -0.3 is 15.3 Å². The van der Waals surface area contributed by atoms with Crippen LogP contribution in [0.2, 0.25) is 0 Å². The summed E-state index contributed by atoms with van der Waals surface area (Å²) in [6, 6.07) is -0.500. The number of rotatable bonds is 4. The summed E-state index contributed by atoms with van der Waals surface area (Å²) in [5.74, 6) is -1.31. The van der Waals surface area contributed by atoms with Gasteiger partial charge in [0.15, 0.2) is 0 Å². The van der Waals surface area contributed by atoms with Gasteiger partial charge in [-0.05, 0) is 13.3 Å². The van der Waals surface area contributed by atoms with Gasteiger partial charge in [-0.2, -0.15) is 0 Å². The van der Waals surface area contributed by atoms with E-state index in [4.69, 9.17) is 5.11 Å². The summed E-state index contributed by atoms with van der Waals surface area (Å²) in [5.41, 5.74) is 0. The Balaban J connectivity index is 1.79. The van der Waals surface area contributed by atoms with Gasteiger partial charge in [-0.1, -0.05) is 5.21 Å². The van der Waals surface area contributed by atoms with E-state index in [1.54, 1.807) is 28.9 Å².